The Kier molecular flexibility index (Phi) is 8.23. The molecule has 124 valence electrons. The van der Waals surface area contributed by atoms with Crippen molar-refractivity contribution in [3.05, 3.63) is 49.0 Å². The largest absolute Gasteiger partial charge is 0.519 e. The van der Waals surface area contributed by atoms with Crippen LogP contribution in [0.5, 0.6) is 0 Å². The van der Waals surface area contributed by atoms with Crippen molar-refractivity contribution >= 4 is 8.56 Å². The van der Waals surface area contributed by atoms with Crippen LogP contribution in [0.4, 0.5) is 0 Å². The Hall–Kier alpha value is -1.30. The van der Waals surface area contributed by atoms with Gasteiger partial charge in [-0.15, -0.1) is 0 Å². The average molecular weight is 324 g/mol. The summed E-state index contributed by atoms with van der Waals surface area (Å²) in [6.45, 7) is 15.7. The average Bonchev–Trinajstić information content (AvgIpc) is 3.21. The molecule has 0 spiro atoms. The van der Waals surface area contributed by atoms with Crippen molar-refractivity contribution in [2.45, 2.75) is 39.0 Å². The summed E-state index contributed by atoms with van der Waals surface area (Å²) >= 11 is 0. The van der Waals surface area contributed by atoms with Crippen molar-refractivity contribution in [3.8, 4) is 0 Å². The van der Waals surface area contributed by atoms with E-state index in [0.717, 1.165) is 30.2 Å². The van der Waals surface area contributed by atoms with Crippen molar-refractivity contribution in [3.63, 3.8) is 0 Å². The van der Waals surface area contributed by atoms with Gasteiger partial charge >= 0.3 is 8.56 Å². The molecule has 22 heavy (non-hydrogen) atoms. The van der Waals surface area contributed by atoms with Crippen LogP contribution in [-0.4, -0.2) is 34.5 Å². The van der Waals surface area contributed by atoms with Crippen LogP contribution in [0.1, 0.15) is 20.3 Å². The first-order valence-electron chi connectivity index (χ1n) is 7.60. The van der Waals surface area contributed by atoms with Crippen molar-refractivity contribution < 1.29 is 18.3 Å². The Morgan fingerprint density at radius 1 is 1.18 bits per heavy atom. The highest BCUT2D eigenvalue weighted by Crippen LogP contribution is 2.18. The molecule has 0 aromatic carbocycles. The minimum absolute atomic E-state index is 0.313. The fraction of sp³-hybridized carbons (Fsp3) is 0.529. The summed E-state index contributed by atoms with van der Waals surface area (Å²) in [6.07, 6.45) is 8.27. The van der Waals surface area contributed by atoms with E-state index >= 15 is 0 Å². The summed E-state index contributed by atoms with van der Waals surface area (Å²) in [5, 5.41) is 0. The van der Waals surface area contributed by atoms with Crippen LogP contribution in [0.15, 0.2) is 49.0 Å². The van der Waals surface area contributed by atoms with Gasteiger partial charge in [0, 0.05) is 19.2 Å². The number of allylic oxidation sites excluding steroid dienone is 4. The molecule has 0 N–H and O–H groups in total. The van der Waals surface area contributed by atoms with Crippen molar-refractivity contribution in [2.75, 3.05) is 19.8 Å². The van der Waals surface area contributed by atoms with E-state index in [0.29, 0.717) is 19.3 Å². The van der Waals surface area contributed by atoms with Crippen LogP contribution in [0.2, 0.25) is 12.6 Å². The number of ether oxygens (including phenoxy) is 2. The van der Waals surface area contributed by atoms with Crippen LogP contribution in [-0.2, 0) is 18.3 Å². The molecule has 1 aliphatic heterocycles. The molecule has 1 saturated heterocycles. The van der Waals surface area contributed by atoms with Crippen LogP contribution in [0.3, 0.4) is 0 Å². The molecule has 1 atom stereocenters. The lowest BCUT2D eigenvalue weighted by atomic mass is 10.4. The second-order valence-electron chi connectivity index (χ2n) is 5.80. The molecule has 1 heterocycles. The second kappa shape index (κ2) is 9.66. The molecule has 0 aromatic heterocycles. The Morgan fingerprint density at radius 2 is 1.73 bits per heavy atom. The summed E-state index contributed by atoms with van der Waals surface area (Å²) in [6, 6.07) is 0.847. The Bertz CT molecular complexity index is 398. The third-order valence-electron chi connectivity index (χ3n) is 2.97. The first-order chi connectivity index (χ1) is 10.4. The van der Waals surface area contributed by atoms with Crippen LogP contribution < -0.4 is 0 Å². The Balaban J connectivity index is 2.39. The molecule has 0 radical (unpaired) electrons. The first-order valence-corrected chi connectivity index (χ1v) is 10.1. The Morgan fingerprint density at radius 3 is 2.18 bits per heavy atom. The van der Waals surface area contributed by atoms with E-state index in [2.05, 4.69) is 13.2 Å². The van der Waals surface area contributed by atoms with E-state index in [4.69, 9.17) is 18.3 Å². The van der Waals surface area contributed by atoms with E-state index in [1.54, 1.807) is 12.5 Å². The molecular weight excluding hydrogens is 296 g/mol. The topological polar surface area (TPSA) is 40.2 Å². The Labute approximate surface area is 135 Å². The fourth-order valence-corrected chi connectivity index (χ4v) is 3.40. The van der Waals surface area contributed by atoms with Crippen molar-refractivity contribution in [1.82, 2.24) is 0 Å². The molecule has 0 aliphatic carbocycles. The molecule has 1 aliphatic rings. The maximum Gasteiger partial charge on any atom is 0.456 e. The summed E-state index contributed by atoms with van der Waals surface area (Å²) in [5.41, 5.74) is 1.89. The van der Waals surface area contributed by atoms with Gasteiger partial charge in [-0.2, -0.15) is 0 Å². The molecule has 0 amide bonds. The smallest absolute Gasteiger partial charge is 0.456 e. The number of epoxide rings is 1. The number of rotatable bonds is 12. The van der Waals surface area contributed by atoms with E-state index in [-0.39, 0.29) is 0 Å². The highest BCUT2D eigenvalue weighted by Gasteiger charge is 2.33. The van der Waals surface area contributed by atoms with Crippen LogP contribution >= 0.6 is 0 Å². The van der Waals surface area contributed by atoms with Gasteiger partial charge in [0.1, 0.15) is 6.10 Å². The van der Waals surface area contributed by atoms with Gasteiger partial charge in [-0.05, 0) is 32.4 Å². The van der Waals surface area contributed by atoms with Gasteiger partial charge in [0.15, 0.2) is 0 Å². The standard InChI is InChI=1S/C17H28O4Si/c1-15(2)7-10-20-22(5,21-11-8-16(3)4)12-6-9-18-13-17-14-19-17/h7-8,10-11,17H,1,3,6,9,12-14H2,2,4-5H3. The van der Waals surface area contributed by atoms with Gasteiger partial charge in [0.25, 0.3) is 0 Å². The van der Waals surface area contributed by atoms with Gasteiger partial charge < -0.3 is 18.3 Å². The van der Waals surface area contributed by atoms with Crippen molar-refractivity contribution in [1.29, 1.82) is 0 Å². The van der Waals surface area contributed by atoms with Crippen LogP contribution in [0.25, 0.3) is 0 Å². The predicted octanol–water partition coefficient (Wildman–Crippen LogP) is 4.08. The zero-order valence-electron chi connectivity index (χ0n) is 14.0. The van der Waals surface area contributed by atoms with E-state index < -0.39 is 8.56 Å². The van der Waals surface area contributed by atoms with Crippen molar-refractivity contribution in [2.24, 2.45) is 0 Å². The van der Waals surface area contributed by atoms with E-state index in [9.17, 15) is 0 Å². The lowest BCUT2D eigenvalue weighted by Gasteiger charge is -2.24. The third kappa shape index (κ3) is 9.60. The zero-order chi connectivity index (χ0) is 16.4. The van der Waals surface area contributed by atoms with E-state index in [1.165, 1.54) is 0 Å². The van der Waals surface area contributed by atoms with Gasteiger partial charge in [-0.1, -0.05) is 24.3 Å². The lowest BCUT2D eigenvalue weighted by molar-refractivity contribution is 0.115. The molecule has 5 heteroatoms. The highest BCUT2D eigenvalue weighted by molar-refractivity contribution is 6.66. The monoisotopic (exact) mass is 324 g/mol. The summed E-state index contributed by atoms with van der Waals surface area (Å²) in [4.78, 5) is 0. The number of hydrogen-bond acceptors (Lipinski definition) is 4. The summed E-state index contributed by atoms with van der Waals surface area (Å²) in [7, 11) is -2.31. The minimum Gasteiger partial charge on any atom is -0.519 e. The van der Waals surface area contributed by atoms with Crippen LogP contribution in [0, 0.1) is 0 Å². The quantitative estimate of drug-likeness (QED) is 0.178. The summed E-state index contributed by atoms with van der Waals surface area (Å²) < 4.78 is 22.4. The van der Waals surface area contributed by atoms with Gasteiger partial charge in [0.05, 0.1) is 25.7 Å². The minimum atomic E-state index is -2.31. The normalized spacial score (nSPS) is 20.0. The summed E-state index contributed by atoms with van der Waals surface area (Å²) in [5.74, 6) is 0. The maximum atomic E-state index is 5.88. The molecule has 1 fully saturated rings. The maximum absolute atomic E-state index is 5.88. The van der Waals surface area contributed by atoms with Gasteiger partial charge in [0.2, 0.25) is 0 Å². The molecule has 0 aromatic rings. The third-order valence-corrected chi connectivity index (χ3v) is 5.50. The molecule has 0 bridgehead atoms. The number of hydrogen-bond donors (Lipinski definition) is 0. The molecular formula is C17H28O4Si. The second-order valence-corrected chi connectivity index (χ2v) is 9.04. The van der Waals surface area contributed by atoms with Gasteiger partial charge in [-0.25, -0.2) is 0 Å². The first kappa shape index (κ1) is 18.7. The SMILES string of the molecule is C=C(C)C=CO[Si](C)(CCCOCC1CO1)OC=CC(=C)C. The fourth-order valence-electron chi connectivity index (χ4n) is 1.61. The van der Waals surface area contributed by atoms with E-state index in [1.807, 2.05) is 32.5 Å². The molecule has 0 saturated carbocycles. The highest BCUT2D eigenvalue weighted by atomic mass is 28.4. The zero-order valence-corrected chi connectivity index (χ0v) is 15.0. The lowest BCUT2D eigenvalue weighted by Crippen LogP contribution is -2.35. The molecule has 1 unspecified atom stereocenters. The molecule has 1 rings (SSSR count). The molecule has 4 nitrogen and oxygen atoms in total. The van der Waals surface area contributed by atoms with Gasteiger partial charge in [-0.3, -0.25) is 0 Å². The predicted molar refractivity (Wildman–Crippen MR) is 91.7 cm³/mol.